The number of unbranched alkanes of at least 4 members (excludes halogenated alkanes) is 3. The molecule has 1 saturated heterocycles. The van der Waals surface area contributed by atoms with Crippen LogP contribution in [0.3, 0.4) is 0 Å². The van der Waals surface area contributed by atoms with Crippen molar-refractivity contribution in [2.45, 2.75) is 45.4 Å². The quantitative estimate of drug-likeness (QED) is 0.750. The van der Waals surface area contributed by atoms with Crippen molar-refractivity contribution >= 4 is 17.6 Å². The summed E-state index contributed by atoms with van der Waals surface area (Å²) in [6.45, 7) is 4.22. The molecule has 0 spiro atoms. The average Bonchev–Trinajstić information content (AvgIpc) is 2.62. The number of anilines is 1. The van der Waals surface area contributed by atoms with Crippen molar-refractivity contribution in [2.75, 3.05) is 25.0 Å². The highest BCUT2D eigenvalue weighted by molar-refractivity contribution is 5.89. The van der Waals surface area contributed by atoms with Crippen LogP contribution in [-0.4, -0.2) is 36.5 Å². The van der Waals surface area contributed by atoms with Crippen LogP contribution in [0.2, 0.25) is 0 Å². The minimum Gasteiger partial charge on any atom is -0.356 e. The van der Waals surface area contributed by atoms with Gasteiger partial charge in [0.1, 0.15) is 0 Å². The van der Waals surface area contributed by atoms with Gasteiger partial charge in [0.25, 0.3) is 0 Å². The maximum absolute atomic E-state index is 12.2. The Kier molecular flexibility index (Phi) is 7.59. The lowest BCUT2D eigenvalue weighted by Crippen LogP contribution is -2.44. The number of urea groups is 1. The first-order valence-corrected chi connectivity index (χ1v) is 9.09. The van der Waals surface area contributed by atoms with Gasteiger partial charge in [0, 0.05) is 31.2 Å². The lowest BCUT2D eigenvalue weighted by Gasteiger charge is -2.31. The normalized spacial score (nSPS) is 15.1. The van der Waals surface area contributed by atoms with E-state index in [1.165, 1.54) is 19.3 Å². The summed E-state index contributed by atoms with van der Waals surface area (Å²) in [5, 5.41) is 5.93. The molecule has 1 aliphatic heterocycles. The number of piperidine rings is 1. The van der Waals surface area contributed by atoms with Crippen LogP contribution in [0.1, 0.15) is 45.4 Å². The minimum atomic E-state index is -0.0837. The van der Waals surface area contributed by atoms with Crippen LogP contribution in [0, 0.1) is 5.92 Å². The number of para-hydroxylation sites is 1. The second kappa shape index (κ2) is 9.96. The topological polar surface area (TPSA) is 61.4 Å². The summed E-state index contributed by atoms with van der Waals surface area (Å²) in [6, 6.07) is 9.37. The monoisotopic (exact) mass is 331 g/mol. The second-order valence-corrected chi connectivity index (χ2v) is 6.41. The fourth-order valence-electron chi connectivity index (χ4n) is 2.98. The zero-order valence-corrected chi connectivity index (χ0v) is 14.6. The summed E-state index contributed by atoms with van der Waals surface area (Å²) < 4.78 is 0. The number of likely N-dealkylation sites (tertiary alicyclic amines) is 1. The van der Waals surface area contributed by atoms with E-state index in [1.54, 1.807) is 4.90 Å². The largest absolute Gasteiger partial charge is 0.356 e. The van der Waals surface area contributed by atoms with Gasteiger partial charge in [-0.2, -0.15) is 0 Å². The average molecular weight is 331 g/mol. The number of nitrogens with one attached hydrogen (secondary N) is 2. The predicted octanol–water partition coefficient (Wildman–Crippen LogP) is 3.63. The molecule has 0 bridgehead atoms. The molecule has 132 valence electrons. The van der Waals surface area contributed by atoms with E-state index in [1.807, 2.05) is 30.3 Å². The molecular formula is C19H29N3O2. The molecule has 0 atom stereocenters. The van der Waals surface area contributed by atoms with Crippen molar-refractivity contribution in [3.05, 3.63) is 30.3 Å². The third kappa shape index (κ3) is 5.87. The summed E-state index contributed by atoms with van der Waals surface area (Å²) >= 11 is 0. The van der Waals surface area contributed by atoms with Crippen LogP contribution >= 0.6 is 0 Å². The van der Waals surface area contributed by atoms with E-state index >= 15 is 0 Å². The first kappa shape index (κ1) is 18.3. The maximum Gasteiger partial charge on any atom is 0.321 e. The standard InChI is InChI=1S/C19H29N3O2/c1-2-3-4-8-13-20-18(23)16-11-14-22(15-12-16)19(24)21-17-9-6-5-7-10-17/h5-7,9-10,16H,2-4,8,11-15H2,1H3,(H,20,23)(H,21,24). The first-order valence-electron chi connectivity index (χ1n) is 9.09. The van der Waals surface area contributed by atoms with Gasteiger partial charge in [-0.15, -0.1) is 0 Å². The van der Waals surface area contributed by atoms with E-state index in [2.05, 4.69) is 17.6 Å². The molecular weight excluding hydrogens is 302 g/mol. The van der Waals surface area contributed by atoms with E-state index in [4.69, 9.17) is 0 Å². The third-order valence-corrected chi connectivity index (χ3v) is 4.51. The highest BCUT2D eigenvalue weighted by Gasteiger charge is 2.27. The molecule has 1 aromatic carbocycles. The predicted molar refractivity (Wildman–Crippen MR) is 96.9 cm³/mol. The Bertz CT molecular complexity index is 511. The van der Waals surface area contributed by atoms with E-state index in [9.17, 15) is 9.59 Å². The maximum atomic E-state index is 12.2. The van der Waals surface area contributed by atoms with Crippen LogP contribution in [0.5, 0.6) is 0 Å². The van der Waals surface area contributed by atoms with Gasteiger partial charge in [0.15, 0.2) is 0 Å². The molecule has 1 aromatic rings. The number of benzene rings is 1. The SMILES string of the molecule is CCCCCCNC(=O)C1CCN(C(=O)Nc2ccccc2)CC1. The molecule has 0 unspecified atom stereocenters. The van der Waals surface area contributed by atoms with Gasteiger partial charge in [0.05, 0.1) is 0 Å². The number of amides is 3. The lowest BCUT2D eigenvalue weighted by molar-refractivity contribution is -0.126. The van der Waals surface area contributed by atoms with Crippen LogP contribution in [0.15, 0.2) is 30.3 Å². The van der Waals surface area contributed by atoms with Gasteiger partial charge in [0.2, 0.25) is 5.91 Å². The molecule has 2 rings (SSSR count). The molecule has 24 heavy (non-hydrogen) atoms. The van der Waals surface area contributed by atoms with Gasteiger partial charge < -0.3 is 15.5 Å². The zero-order chi connectivity index (χ0) is 17.2. The Morgan fingerprint density at radius 2 is 1.79 bits per heavy atom. The van der Waals surface area contributed by atoms with Crippen molar-refractivity contribution in [1.29, 1.82) is 0 Å². The highest BCUT2D eigenvalue weighted by atomic mass is 16.2. The van der Waals surface area contributed by atoms with Gasteiger partial charge in [-0.3, -0.25) is 4.79 Å². The highest BCUT2D eigenvalue weighted by Crippen LogP contribution is 2.18. The Morgan fingerprint density at radius 1 is 1.08 bits per heavy atom. The van der Waals surface area contributed by atoms with Crippen LogP contribution in [-0.2, 0) is 4.79 Å². The Hall–Kier alpha value is -2.04. The summed E-state index contributed by atoms with van der Waals surface area (Å²) in [5.74, 6) is 0.187. The van der Waals surface area contributed by atoms with Crippen molar-refractivity contribution in [3.8, 4) is 0 Å². The number of hydrogen-bond acceptors (Lipinski definition) is 2. The summed E-state index contributed by atoms with van der Waals surface area (Å²) in [6.07, 6.45) is 6.14. The summed E-state index contributed by atoms with van der Waals surface area (Å²) in [4.78, 5) is 26.2. The fourth-order valence-corrected chi connectivity index (χ4v) is 2.98. The van der Waals surface area contributed by atoms with Crippen molar-refractivity contribution in [2.24, 2.45) is 5.92 Å². The van der Waals surface area contributed by atoms with E-state index in [0.717, 1.165) is 31.5 Å². The molecule has 1 fully saturated rings. The Balaban J connectivity index is 1.67. The molecule has 5 heteroatoms. The van der Waals surface area contributed by atoms with E-state index in [-0.39, 0.29) is 17.9 Å². The molecule has 5 nitrogen and oxygen atoms in total. The number of rotatable bonds is 7. The van der Waals surface area contributed by atoms with E-state index < -0.39 is 0 Å². The van der Waals surface area contributed by atoms with Gasteiger partial charge >= 0.3 is 6.03 Å². The first-order chi connectivity index (χ1) is 11.7. The number of carbonyl (C=O) groups excluding carboxylic acids is 2. The number of hydrogen-bond donors (Lipinski definition) is 2. The van der Waals surface area contributed by atoms with E-state index in [0.29, 0.717) is 13.1 Å². The molecule has 0 saturated carbocycles. The van der Waals surface area contributed by atoms with Gasteiger partial charge in [-0.1, -0.05) is 44.4 Å². The number of nitrogens with zero attached hydrogens (tertiary/aromatic N) is 1. The van der Waals surface area contributed by atoms with Crippen molar-refractivity contribution in [3.63, 3.8) is 0 Å². The van der Waals surface area contributed by atoms with Crippen molar-refractivity contribution in [1.82, 2.24) is 10.2 Å². The van der Waals surface area contributed by atoms with Crippen LogP contribution < -0.4 is 10.6 Å². The Labute approximate surface area is 144 Å². The van der Waals surface area contributed by atoms with Gasteiger partial charge in [-0.05, 0) is 31.4 Å². The molecule has 0 aliphatic carbocycles. The summed E-state index contributed by atoms with van der Waals surface area (Å²) in [7, 11) is 0. The van der Waals surface area contributed by atoms with Crippen LogP contribution in [0.25, 0.3) is 0 Å². The molecule has 0 radical (unpaired) electrons. The molecule has 1 aliphatic rings. The lowest BCUT2D eigenvalue weighted by atomic mass is 9.96. The smallest absolute Gasteiger partial charge is 0.321 e. The third-order valence-electron chi connectivity index (χ3n) is 4.51. The van der Waals surface area contributed by atoms with Gasteiger partial charge in [-0.25, -0.2) is 4.79 Å². The van der Waals surface area contributed by atoms with Crippen LogP contribution in [0.4, 0.5) is 10.5 Å². The second-order valence-electron chi connectivity index (χ2n) is 6.41. The fraction of sp³-hybridized carbons (Fsp3) is 0.579. The summed E-state index contributed by atoms with van der Waals surface area (Å²) in [5.41, 5.74) is 0.800. The zero-order valence-electron chi connectivity index (χ0n) is 14.6. The van der Waals surface area contributed by atoms with Crippen molar-refractivity contribution < 1.29 is 9.59 Å². The molecule has 1 heterocycles. The Morgan fingerprint density at radius 3 is 2.46 bits per heavy atom. The number of carbonyl (C=O) groups is 2. The minimum absolute atomic E-state index is 0.0388. The molecule has 3 amide bonds. The molecule has 0 aromatic heterocycles. The molecule has 2 N–H and O–H groups in total.